The van der Waals surface area contributed by atoms with Crippen molar-refractivity contribution in [2.75, 3.05) is 20.1 Å². The summed E-state index contributed by atoms with van der Waals surface area (Å²) < 4.78 is 0. The quantitative estimate of drug-likeness (QED) is 0.758. The average Bonchev–Trinajstić information content (AvgIpc) is 2.91. The van der Waals surface area contributed by atoms with Gasteiger partial charge in [0.2, 0.25) is 0 Å². The maximum atomic E-state index is 4.43. The average molecular weight is 273 g/mol. The van der Waals surface area contributed by atoms with E-state index in [4.69, 9.17) is 0 Å². The van der Waals surface area contributed by atoms with E-state index >= 15 is 0 Å². The Morgan fingerprint density at radius 2 is 2.25 bits per heavy atom. The van der Waals surface area contributed by atoms with Crippen molar-refractivity contribution >= 4 is 11.6 Å². The Labute approximate surface area is 122 Å². The molecule has 110 valence electrons. The topological polar surface area (TPSA) is 31.9 Å². The number of H-pyrrole nitrogens is 1. The summed E-state index contributed by atoms with van der Waals surface area (Å²) in [6.07, 6.45) is 16.4. The second-order valence-corrected chi connectivity index (χ2v) is 5.70. The monoisotopic (exact) mass is 273 g/mol. The van der Waals surface area contributed by atoms with E-state index in [-0.39, 0.29) is 0 Å². The van der Waals surface area contributed by atoms with Crippen molar-refractivity contribution in [2.24, 2.45) is 0 Å². The van der Waals surface area contributed by atoms with Gasteiger partial charge in [0, 0.05) is 24.8 Å². The lowest BCUT2D eigenvalue weighted by molar-refractivity contribution is 0.372. The molecule has 0 bridgehead atoms. The van der Waals surface area contributed by atoms with Crippen molar-refractivity contribution in [3.05, 3.63) is 29.6 Å². The first kappa shape index (κ1) is 15.0. The zero-order chi connectivity index (χ0) is 14.2. The summed E-state index contributed by atoms with van der Waals surface area (Å²) >= 11 is 0. The van der Waals surface area contributed by atoms with Crippen LogP contribution in [-0.2, 0) is 0 Å². The molecule has 3 nitrogen and oxygen atoms in total. The van der Waals surface area contributed by atoms with Crippen molar-refractivity contribution < 1.29 is 0 Å². The molecule has 0 radical (unpaired) electrons. The first-order valence-electron chi connectivity index (χ1n) is 7.89. The zero-order valence-corrected chi connectivity index (χ0v) is 12.9. The molecule has 0 saturated heterocycles. The number of likely N-dealkylation sites (N-methyl/N-ethyl adjacent to an activating group) is 1. The highest BCUT2D eigenvalue weighted by atomic mass is 15.1. The number of unbranched alkanes of at least 4 members (excludes halogenated alkanes) is 4. The third kappa shape index (κ3) is 4.34. The number of rotatable bonds is 7. The molecular formula is C17H27N3. The normalized spacial score (nSPS) is 16.8. The summed E-state index contributed by atoms with van der Waals surface area (Å²) in [6.45, 7) is 4.40. The Morgan fingerprint density at radius 3 is 3.05 bits per heavy atom. The zero-order valence-electron chi connectivity index (χ0n) is 12.9. The van der Waals surface area contributed by atoms with Crippen LogP contribution in [0.2, 0.25) is 0 Å². The van der Waals surface area contributed by atoms with E-state index in [9.17, 15) is 0 Å². The lowest BCUT2D eigenvalue weighted by Crippen LogP contribution is -2.25. The van der Waals surface area contributed by atoms with Gasteiger partial charge in [-0.15, -0.1) is 0 Å². The molecule has 3 heteroatoms. The van der Waals surface area contributed by atoms with Crippen molar-refractivity contribution in [2.45, 2.75) is 45.4 Å². The number of hydrogen-bond acceptors (Lipinski definition) is 2. The van der Waals surface area contributed by atoms with E-state index in [0.29, 0.717) is 0 Å². The Bertz CT molecular complexity index is 457. The van der Waals surface area contributed by atoms with Gasteiger partial charge in [-0.2, -0.15) is 5.10 Å². The number of aromatic amines is 1. The van der Waals surface area contributed by atoms with Crippen LogP contribution < -0.4 is 0 Å². The predicted molar refractivity (Wildman–Crippen MR) is 86.5 cm³/mol. The Balaban J connectivity index is 1.91. The Kier molecular flexibility index (Phi) is 6.06. The maximum absolute atomic E-state index is 4.43. The number of hydrogen-bond donors (Lipinski definition) is 1. The molecule has 2 rings (SSSR count). The molecule has 20 heavy (non-hydrogen) atoms. The highest BCUT2D eigenvalue weighted by molar-refractivity contribution is 5.72. The van der Waals surface area contributed by atoms with Gasteiger partial charge in [-0.05, 0) is 31.9 Å². The third-order valence-electron chi connectivity index (χ3n) is 3.84. The standard InChI is InChI=1S/C17H27N3/c1-3-4-5-6-7-8-10-15-13-18-19-17(15)16-11-9-12-20(2)14-16/h8,10-11,13H,3-7,9,12,14H2,1-2H3,(H,18,19). The van der Waals surface area contributed by atoms with Gasteiger partial charge in [0.05, 0.1) is 5.69 Å². The second kappa shape index (κ2) is 8.05. The number of aromatic nitrogens is 2. The molecular weight excluding hydrogens is 246 g/mol. The minimum atomic E-state index is 1.00. The summed E-state index contributed by atoms with van der Waals surface area (Å²) in [5, 5.41) is 7.44. The Hall–Kier alpha value is -1.35. The molecule has 0 fully saturated rings. The van der Waals surface area contributed by atoms with Gasteiger partial charge in [0.1, 0.15) is 0 Å². The van der Waals surface area contributed by atoms with Crippen LogP contribution in [0.25, 0.3) is 11.6 Å². The van der Waals surface area contributed by atoms with Gasteiger partial charge in [0.15, 0.2) is 0 Å². The lowest BCUT2D eigenvalue weighted by Gasteiger charge is -2.22. The summed E-state index contributed by atoms with van der Waals surface area (Å²) in [5.41, 5.74) is 3.70. The number of allylic oxidation sites excluding steroid dienone is 1. The largest absolute Gasteiger partial charge is 0.302 e. The molecule has 0 aromatic carbocycles. The lowest BCUT2D eigenvalue weighted by atomic mass is 10.0. The van der Waals surface area contributed by atoms with Crippen molar-refractivity contribution in [1.82, 2.24) is 15.1 Å². The van der Waals surface area contributed by atoms with Gasteiger partial charge in [-0.25, -0.2) is 0 Å². The van der Waals surface area contributed by atoms with Crippen LogP contribution in [-0.4, -0.2) is 35.2 Å². The minimum Gasteiger partial charge on any atom is -0.302 e. The molecule has 1 aliphatic heterocycles. The molecule has 0 atom stereocenters. The van der Waals surface area contributed by atoms with Crippen LogP contribution >= 0.6 is 0 Å². The SMILES string of the molecule is CCCCCCC=Cc1c[nH]nc1C1=CCCN(C)C1. The van der Waals surface area contributed by atoms with Crippen LogP contribution in [0.15, 0.2) is 18.3 Å². The van der Waals surface area contributed by atoms with Crippen molar-refractivity contribution in [3.63, 3.8) is 0 Å². The molecule has 2 heterocycles. The summed E-state index contributed by atoms with van der Waals surface area (Å²) in [7, 11) is 2.17. The fourth-order valence-electron chi connectivity index (χ4n) is 2.65. The first-order valence-corrected chi connectivity index (χ1v) is 7.89. The van der Waals surface area contributed by atoms with Crippen LogP contribution in [0.1, 0.15) is 56.7 Å². The summed E-state index contributed by atoms with van der Waals surface area (Å²) in [6, 6.07) is 0. The molecule has 0 aliphatic carbocycles. The third-order valence-corrected chi connectivity index (χ3v) is 3.84. The molecule has 0 saturated carbocycles. The first-order chi connectivity index (χ1) is 9.81. The fourth-order valence-corrected chi connectivity index (χ4v) is 2.65. The molecule has 1 aliphatic rings. The molecule has 0 spiro atoms. The van der Waals surface area contributed by atoms with Crippen molar-refractivity contribution in [3.8, 4) is 0 Å². The number of nitrogens with one attached hydrogen (secondary N) is 1. The minimum absolute atomic E-state index is 1.00. The van der Waals surface area contributed by atoms with Gasteiger partial charge in [-0.1, -0.05) is 44.4 Å². The molecule has 1 N–H and O–H groups in total. The highest BCUT2D eigenvalue weighted by Crippen LogP contribution is 2.22. The Morgan fingerprint density at radius 1 is 1.35 bits per heavy atom. The molecule has 1 aromatic heterocycles. The highest BCUT2D eigenvalue weighted by Gasteiger charge is 2.14. The fraction of sp³-hybridized carbons (Fsp3) is 0.588. The second-order valence-electron chi connectivity index (χ2n) is 5.70. The van der Waals surface area contributed by atoms with Gasteiger partial charge >= 0.3 is 0 Å². The number of nitrogens with zero attached hydrogens (tertiary/aromatic N) is 2. The molecule has 0 unspecified atom stereocenters. The van der Waals surface area contributed by atoms with Gasteiger partial charge in [-0.3, -0.25) is 5.10 Å². The van der Waals surface area contributed by atoms with Crippen LogP contribution in [0.5, 0.6) is 0 Å². The smallest absolute Gasteiger partial charge is 0.0962 e. The van der Waals surface area contributed by atoms with E-state index in [1.807, 2.05) is 6.20 Å². The van der Waals surface area contributed by atoms with Crippen LogP contribution in [0, 0.1) is 0 Å². The predicted octanol–water partition coefficient (Wildman–Crippen LogP) is 4.11. The van der Waals surface area contributed by atoms with Crippen LogP contribution in [0.4, 0.5) is 0 Å². The van der Waals surface area contributed by atoms with E-state index in [1.54, 1.807) is 0 Å². The van der Waals surface area contributed by atoms with E-state index in [1.165, 1.54) is 43.2 Å². The summed E-state index contributed by atoms with van der Waals surface area (Å²) in [5.74, 6) is 0. The maximum Gasteiger partial charge on any atom is 0.0962 e. The summed E-state index contributed by atoms with van der Waals surface area (Å²) in [4.78, 5) is 2.35. The van der Waals surface area contributed by atoms with Crippen LogP contribution in [0.3, 0.4) is 0 Å². The molecule has 0 amide bonds. The van der Waals surface area contributed by atoms with E-state index in [0.717, 1.165) is 25.2 Å². The van der Waals surface area contributed by atoms with Gasteiger partial charge in [0.25, 0.3) is 0 Å². The molecule has 1 aromatic rings. The van der Waals surface area contributed by atoms with E-state index in [2.05, 4.69) is 47.3 Å². The van der Waals surface area contributed by atoms with E-state index < -0.39 is 0 Å². The van der Waals surface area contributed by atoms with Crippen molar-refractivity contribution in [1.29, 1.82) is 0 Å². The van der Waals surface area contributed by atoms with Gasteiger partial charge < -0.3 is 4.90 Å².